The highest BCUT2D eigenvalue weighted by molar-refractivity contribution is 7.93. The van der Waals surface area contributed by atoms with Gasteiger partial charge in [-0.05, 0) is 43.0 Å². The van der Waals surface area contributed by atoms with Gasteiger partial charge in [0.05, 0.1) is 18.1 Å². The maximum atomic E-state index is 13.1. The summed E-state index contributed by atoms with van der Waals surface area (Å²) in [5.41, 5.74) is 2.40. The molecule has 3 aromatic rings. The van der Waals surface area contributed by atoms with E-state index in [1.807, 2.05) is 55.0 Å². The van der Waals surface area contributed by atoms with Gasteiger partial charge in [0, 0.05) is 19.3 Å². The van der Waals surface area contributed by atoms with Crippen molar-refractivity contribution in [3.05, 3.63) is 95.2 Å². The van der Waals surface area contributed by atoms with Gasteiger partial charge < -0.3 is 4.90 Å². The van der Waals surface area contributed by atoms with E-state index in [1.165, 1.54) is 11.0 Å². The summed E-state index contributed by atoms with van der Waals surface area (Å²) in [6.45, 7) is 4.99. The van der Waals surface area contributed by atoms with E-state index in [0.29, 0.717) is 30.8 Å². The highest BCUT2D eigenvalue weighted by atomic mass is 32.2. The van der Waals surface area contributed by atoms with Crippen molar-refractivity contribution < 1.29 is 18.0 Å². The molecule has 8 nitrogen and oxygen atoms in total. The number of hydrogen-bond donors (Lipinski definition) is 1. The van der Waals surface area contributed by atoms with Crippen LogP contribution in [0.5, 0.6) is 0 Å². The van der Waals surface area contributed by atoms with Crippen molar-refractivity contribution in [1.82, 2.24) is 19.4 Å². The van der Waals surface area contributed by atoms with Crippen LogP contribution in [0.15, 0.2) is 78.5 Å². The van der Waals surface area contributed by atoms with Crippen LogP contribution in [0.4, 0.5) is 0 Å². The van der Waals surface area contributed by atoms with E-state index in [2.05, 4.69) is 5.10 Å². The molecule has 3 rings (SSSR count). The summed E-state index contributed by atoms with van der Waals surface area (Å²) in [5.74, 6) is -2.50. The Morgan fingerprint density at radius 3 is 2.26 bits per heavy atom. The normalized spacial score (nSPS) is 12.4. The zero-order chi connectivity index (χ0) is 25.3. The average Bonchev–Trinajstić information content (AvgIpc) is 3.29. The molecule has 2 amide bonds. The fourth-order valence-corrected chi connectivity index (χ4v) is 4.46. The molecule has 1 N–H and O–H groups in total. The molecule has 35 heavy (non-hydrogen) atoms. The van der Waals surface area contributed by atoms with Gasteiger partial charge in [0.2, 0.25) is 11.8 Å². The monoisotopic (exact) mass is 494 g/mol. The molecule has 0 saturated heterocycles. The topological polar surface area (TPSA) is 101 Å². The van der Waals surface area contributed by atoms with Crippen molar-refractivity contribution >= 4 is 27.9 Å². The van der Waals surface area contributed by atoms with Crippen LogP contribution >= 0.6 is 0 Å². The lowest BCUT2D eigenvalue weighted by atomic mass is 9.99. The largest absolute Gasteiger partial charge is 0.343 e. The minimum Gasteiger partial charge on any atom is -0.343 e. The Morgan fingerprint density at radius 1 is 1.00 bits per heavy atom. The Labute approximate surface area is 206 Å². The van der Waals surface area contributed by atoms with Gasteiger partial charge in [0.15, 0.2) is 0 Å². The van der Waals surface area contributed by atoms with Crippen molar-refractivity contribution in [2.45, 2.75) is 26.8 Å². The molecule has 0 aliphatic carbocycles. The van der Waals surface area contributed by atoms with E-state index in [1.54, 1.807) is 41.3 Å². The standard InChI is InChI=1S/C26H30N4O4S/c1-3-29(4-2)26(32)24(17-23-18-27-30(20-23)19-22-13-9-6-10-14-22)25(31)28-35(33,34)16-15-21-11-7-5-8-12-21/h5-16,18,20,24H,3-4,17,19H2,1-2H3,(H,28,31). The molecular formula is C26H30N4O4S. The smallest absolute Gasteiger partial charge is 0.257 e. The number of benzene rings is 2. The molecule has 184 valence electrons. The number of hydrogen-bond acceptors (Lipinski definition) is 5. The first-order valence-corrected chi connectivity index (χ1v) is 13.0. The average molecular weight is 495 g/mol. The lowest BCUT2D eigenvalue weighted by Crippen LogP contribution is -2.45. The number of carbonyl (C=O) groups excluding carboxylic acids is 2. The number of amides is 2. The van der Waals surface area contributed by atoms with E-state index >= 15 is 0 Å². The second-order valence-electron chi connectivity index (χ2n) is 8.02. The summed E-state index contributed by atoms with van der Waals surface area (Å²) in [6, 6.07) is 18.6. The number of rotatable bonds is 11. The van der Waals surface area contributed by atoms with E-state index in [0.717, 1.165) is 11.0 Å². The van der Waals surface area contributed by atoms with Gasteiger partial charge in [-0.2, -0.15) is 5.10 Å². The van der Waals surface area contributed by atoms with Crippen molar-refractivity contribution in [2.24, 2.45) is 5.92 Å². The molecule has 1 aromatic heterocycles. The third-order valence-electron chi connectivity index (χ3n) is 5.49. The molecule has 1 atom stereocenters. The zero-order valence-electron chi connectivity index (χ0n) is 19.9. The van der Waals surface area contributed by atoms with Crippen molar-refractivity contribution in [3.8, 4) is 0 Å². The zero-order valence-corrected chi connectivity index (χ0v) is 20.7. The van der Waals surface area contributed by atoms with Gasteiger partial charge in [0.1, 0.15) is 5.92 Å². The number of carbonyl (C=O) groups is 2. The van der Waals surface area contributed by atoms with Crippen molar-refractivity contribution in [1.29, 1.82) is 0 Å². The maximum Gasteiger partial charge on any atom is 0.257 e. The van der Waals surface area contributed by atoms with Gasteiger partial charge in [-0.1, -0.05) is 60.7 Å². The quantitative estimate of drug-likeness (QED) is 0.413. The Balaban J connectivity index is 1.77. The van der Waals surface area contributed by atoms with Gasteiger partial charge in [-0.25, -0.2) is 13.1 Å². The third kappa shape index (κ3) is 7.65. The predicted octanol–water partition coefficient (Wildman–Crippen LogP) is 3.08. The Kier molecular flexibility index (Phi) is 8.97. The van der Waals surface area contributed by atoms with Gasteiger partial charge in [0.25, 0.3) is 10.0 Å². The molecule has 2 aromatic carbocycles. The molecule has 9 heteroatoms. The SMILES string of the molecule is CCN(CC)C(=O)C(Cc1cnn(Cc2ccccc2)c1)C(=O)NS(=O)(=O)C=Cc1ccccc1. The van der Waals surface area contributed by atoms with Crippen LogP contribution in [0.2, 0.25) is 0 Å². The number of sulfonamides is 1. The molecule has 0 fully saturated rings. The van der Waals surface area contributed by atoms with Gasteiger partial charge >= 0.3 is 0 Å². The molecule has 0 saturated carbocycles. The number of aromatic nitrogens is 2. The van der Waals surface area contributed by atoms with Crippen LogP contribution in [-0.2, 0) is 32.6 Å². The summed E-state index contributed by atoms with van der Waals surface area (Å²) in [5, 5.41) is 5.26. The van der Waals surface area contributed by atoms with Crippen LogP contribution < -0.4 is 4.72 Å². The highest BCUT2D eigenvalue weighted by Gasteiger charge is 2.32. The van der Waals surface area contributed by atoms with Crippen LogP contribution in [0.3, 0.4) is 0 Å². The fraction of sp³-hybridized carbons (Fsp3) is 0.269. The van der Waals surface area contributed by atoms with E-state index in [-0.39, 0.29) is 6.42 Å². The fourth-order valence-electron chi connectivity index (χ4n) is 3.63. The van der Waals surface area contributed by atoms with Crippen LogP contribution in [0, 0.1) is 5.92 Å². The van der Waals surface area contributed by atoms with Gasteiger partial charge in [-0.15, -0.1) is 0 Å². The summed E-state index contributed by atoms with van der Waals surface area (Å²) in [6.07, 6.45) is 4.80. The molecule has 1 heterocycles. The molecular weight excluding hydrogens is 464 g/mol. The van der Waals surface area contributed by atoms with E-state index in [4.69, 9.17) is 0 Å². The lowest BCUT2D eigenvalue weighted by molar-refractivity contribution is -0.141. The Hall–Kier alpha value is -3.72. The van der Waals surface area contributed by atoms with Crippen LogP contribution in [-0.4, -0.2) is 48.0 Å². The molecule has 1 unspecified atom stereocenters. The predicted molar refractivity (Wildman–Crippen MR) is 135 cm³/mol. The van der Waals surface area contributed by atoms with E-state index in [9.17, 15) is 18.0 Å². The molecule has 0 bridgehead atoms. The second kappa shape index (κ2) is 12.1. The Morgan fingerprint density at radius 2 is 1.63 bits per heavy atom. The Bertz CT molecular complexity index is 1250. The number of nitrogens with zero attached hydrogens (tertiary/aromatic N) is 3. The minimum atomic E-state index is -4.10. The van der Waals surface area contributed by atoms with Crippen molar-refractivity contribution in [3.63, 3.8) is 0 Å². The van der Waals surface area contributed by atoms with Crippen molar-refractivity contribution in [2.75, 3.05) is 13.1 Å². The second-order valence-corrected chi connectivity index (χ2v) is 9.59. The summed E-state index contributed by atoms with van der Waals surface area (Å²) < 4.78 is 28.9. The van der Waals surface area contributed by atoms with E-state index < -0.39 is 27.8 Å². The first kappa shape index (κ1) is 25.9. The maximum absolute atomic E-state index is 13.1. The molecule has 0 spiro atoms. The first-order valence-electron chi connectivity index (χ1n) is 11.4. The lowest BCUT2D eigenvalue weighted by Gasteiger charge is -2.24. The third-order valence-corrected chi connectivity index (χ3v) is 6.47. The summed E-state index contributed by atoms with van der Waals surface area (Å²) in [7, 11) is -4.10. The summed E-state index contributed by atoms with van der Waals surface area (Å²) >= 11 is 0. The van der Waals surface area contributed by atoms with Crippen LogP contribution in [0.25, 0.3) is 6.08 Å². The summed E-state index contributed by atoms with van der Waals surface area (Å²) in [4.78, 5) is 27.7. The van der Waals surface area contributed by atoms with Crippen LogP contribution in [0.1, 0.15) is 30.5 Å². The number of nitrogens with one attached hydrogen (secondary N) is 1. The molecule has 0 aliphatic heterocycles. The highest BCUT2D eigenvalue weighted by Crippen LogP contribution is 2.14. The first-order chi connectivity index (χ1) is 16.8. The minimum absolute atomic E-state index is 0.0356. The van der Waals surface area contributed by atoms with Gasteiger partial charge in [-0.3, -0.25) is 14.3 Å². The molecule has 0 aliphatic rings. The molecule has 0 radical (unpaired) electrons.